The molecule has 2 aliphatic rings. The Hall–Kier alpha value is -1.59. The Kier molecular flexibility index (Phi) is 3.31. The number of oxime groups is 1. The van der Waals surface area contributed by atoms with E-state index in [1.807, 2.05) is 0 Å². The Morgan fingerprint density at radius 3 is 2.76 bits per heavy atom. The van der Waals surface area contributed by atoms with Crippen LogP contribution >= 0.6 is 0 Å². The van der Waals surface area contributed by atoms with E-state index >= 15 is 0 Å². The number of aliphatic carboxylic acids is 1. The second-order valence-corrected chi connectivity index (χ2v) is 4.66. The third-order valence-corrected chi connectivity index (χ3v) is 3.40. The van der Waals surface area contributed by atoms with Crippen LogP contribution in [0.1, 0.15) is 32.6 Å². The van der Waals surface area contributed by atoms with Gasteiger partial charge in [-0.25, -0.2) is 4.79 Å². The molecule has 0 spiro atoms. The number of nitrogens with one attached hydrogen (secondary N) is 1. The van der Waals surface area contributed by atoms with E-state index in [0.29, 0.717) is 5.92 Å². The van der Waals surface area contributed by atoms with Crippen LogP contribution in [0.3, 0.4) is 0 Å². The lowest BCUT2D eigenvalue weighted by Gasteiger charge is -2.18. The van der Waals surface area contributed by atoms with E-state index in [-0.39, 0.29) is 24.1 Å². The van der Waals surface area contributed by atoms with Crippen molar-refractivity contribution >= 4 is 17.6 Å². The van der Waals surface area contributed by atoms with Gasteiger partial charge in [-0.15, -0.1) is 0 Å². The summed E-state index contributed by atoms with van der Waals surface area (Å²) in [5.41, 5.74) is -0.0929. The molecule has 2 N–H and O–H groups in total. The Labute approximate surface area is 99.0 Å². The summed E-state index contributed by atoms with van der Waals surface area (Å²) in [5, 5.41) is 15.0. The Morgan fingerprint density at radius 2 is 2.24 bits per heavy atom. The largest absolute Gasteiger partial charge is 0.477 e. The Morgan fingerprint density at radius 1 is 1.47 bits per heavy atom. The fraction of sp³-hybridized carbons (Fsp3) is 0.727. The molecule has 1 saturated carbocycles. The monoisotopic (exact) mass is 240 g/mol. The molecule has 0 aromatic carbocycles. The Balaban J connectivity index is 1.84. The van der Waals surface area contributed by atoms with Crippen LogP contribution in [0.15, 0.2) is 5.16 Å². The molecule has 0 saturated heterocycles. The summed E-state index contributed by atoms with van der Waals surface area (Å²) < 4.78 is 0. The van der Waals surface area contributed by atoms with Crippen LogP contribution < -0.4 is 5.32 Å². The zero-order valence-electron chi connectivity index (χ0n) is 9.68. The van der Waals surface area contributed by atoms with Gasteiger partial charge in [0.15, 0.2) is 5.71 Å². The number of carboxylic acid groups (broad SMARTS) is 1. The molecule has 17 heavy (non-hydrogen) atoms. The number of carbonyl (C=O) groups is 2. The second-order valence-electron chi connectivity index (χ2n) is 4.66. The third-order valence-electron chi connectivity index (χ3n) is 3.40. The summed E-state index contributed by atoms with van der Waals surface area (Å²) in [6.07, 6.45) is 2.48. The fourth-order valence-electron chi connectivity index (χ4n) is 2.28. The van der Waals surface area contributed by atoms with Crippen LogP contribution in [-0.4, -0.2) is 34.8 Å². The van der Waals surface area contributed by atoms with E-state index in [9.17, 15) is 9.59 Å². The minimum Gasteiger partial charge on any atom is -0.477 e. The maximum Gasteiger partial charge on any atom is 0.353 e. The minimum atomic E-state index is -1.13. The molecule has 0 radical (unpaired) electrons. The quantitative estimate of drug-likeness (QED) is 0.752. The van der Waals surface area contributed by atoms with Gasteiger partial charge in [0.25, 0.3) is 5.91 Å². The molecule has 0 aromatic rings. The highest BCUT2D eigenvalue weighted by Gasteiger charge is 2.34. The van der Waals surface area contributed by atoms with Crippen LogP contribution in [0.5, 0.6) is 0 Å². The van der Waals surface area contributed by atoms with Gasteiger partial charge in [-0.3, -0.25) is 4.79 Å². The predicted molar refractivity (Wildman–Crippen MR) is 59.5 cm³/mol. The van der Waals surface area contributed by atoms with Crippen molar-refractivity contribution in [1.82, 2.24) is 5.32 Å². The number of hydrogen-bond acceptors (Lipinski definition) is 4. The van der Waals surface area contributed by atoms with E-state index in [4.69, 9.17) is 9.94 Å². The molecule has 1 amide bonds. The van der Waals surface area contributed by atoms with Gasteiger partial charge in [0.05, 0.1) is 0 Å². The smallest absolute Gasteiger partial charge is 0.353 e. The lowest BCUT2D eigenvalue weighted by molar-refractivity contribution is -0.132. The van der Waals surface area contributed by atoms with Gasteiger partial charge >= 0.3 is 5.97 Å². The maximum absolute atomic E-state index is 11.8. The first kappa shape index (κ1) is 11.9. The average molecular weight is 240 g/mol. The fourth-order valence-corrected chi connectivity index (χ4v) is 2.28. The van der Waals surface area contributed by atoms with Crippen molar-refractivity contribution < 1.29 is 19.5 Å². The van der Waals surface area contributed by atoms with Crippen molar-refractivity contribution in [2.45, 2.75) is 44.8 Å². The lowest BCUT2D eigenvalue weighted by atomic mass is 10.1. The van der Waals surface area contributed by atoms with E-state index in [2.05, 4.69) is 17.4 Å². The molecule has 6 heteroatoms. The van der Waals surface area contributed by atoms with Gasteiger partial charge in [-0.2, -0.15) is 0 Å². The molecule has 0 aromatic heterocycles. The number of rotatable bonds is 3. The van der Waals surface area contributed by atoms with Crippen molar-refractivity contribution in [3.8, 4) is 0 Å². The molecule has 3 unspecified atom stereocenters. The van der Waals surface area contributed by atoms with Crippen molar-refractivity contribution in [1.29, 1.82) is 0 Å². The van der Waals surface area contributed by atoms with Crippen LogP contribution in [0, 0.1) is 5.92 Å². The molecule has 1 fully saturated rings. The zero-order valence-corrected chi connectivity index (χ0v) is 9.68. The van der Waals surface area contributed by atoms with E-state index in [1.54, 1.807) is 0 Å². The standard InChI is InChI=1S/C11H16N2O4/c1-6-3-2-4-7(6)12-10(14)9-5-8(11(15)16)13-17-9/h6-7,9H,2-5H2,1H3,(H,12,14)(H,15,16). The Bertz CT molecular complexity index is 366. The summed E-state index contributed by atoms with van der Waals surface area (Å²) >= 11 is 0. The molecule has 2 rings (SSSR count). The highest BCUT2D eigenvalue weighted by Crippen LogP contribution is 2.25. The zero-order chi connectivity index (χ0) is 12.4. The third kappa shape index (κ3) is 2.57. The van der Waals surface area contributed by atoms with Crippen molar-refractivity contribution in [3.05, 3.63) is 0 Å². The summed E-state index contributed by atoms with van der Waals surface area (Å²) in [4.78, 5) is 27.3. The molecule has 0 bridgehead atoms. The number of carbonyl (C=O) groups excluding carboxylic acids is 1. The highest BCUT2D eigenvalue weighted by molar-refractivity contribution is 6.36. The van der Waals surface area contributed by atoms with Crippen molar-refractivity contribution in [2.75, 3.05) is 0 Å². The molecular weight excluding hydrogens is 224 g/mol. The molecular formula is C11H16N2O4. The number of nitrogens with zero attached hydrogens (tertiary/aromatic N) is 1. The highest BCUT2D eigenvalue weighted by atomic mass is 16.6. The van der Waals surface area contributed by atoms with Crippen molar-refractivity contribution in [3.63, 3.8) is 0 Å². The molecule has 1 aliphatic heterocycles. The normalized spacial score (nSPS) is 31.8. The van der Waals surface area contributed by atoms with Gasteiger partial charge in [0.2, 0.25) is 6.10 Å². The summed E-state index contributed by atoms with van der Waals surface area (Å²) in [7, 11) is 0. The summed E-state index contributed by atoms with van der Waals surface area (Å²) in [6.45, 7) is 2.10. The van der Waals surface area contributed by atoms with Gasteiger partial charge in [-0.05, 0) is 18.8 Å². The van der Waals surface area contributed by atoms with Crippen LogP contribution in [0.2, 0.25) is 0 Å². The van der Waals surface area contributed by atoms with Crippen LogP contribution in [-0.2, 0) is 14.4 Å². The van der Waals surface area contributed by atoms with Gasteiger partial charge in [0.1, 0.15) is 0 Å². The summed E-state index contributed by atoms with van der Waals surface area (Å²) in [6, 6.07) is 0.181. The van der Waals surface area contributed by atoms with Gasteiger partial charge < -0.3 is 15.3 Å². The van der Waals surface area contributed by atoms with Crippen molar-refractivity contribution in [2.24, 2.45) is 11.1 Å². The second kappa shape index (κ2) is 4.73. The SMILES string of the molecule is CC1CCCC1NC(=O)C1CC(C(=O)O)=NO1. The van der Waals surface area contributed by atoms with Gasteiger partial charge in [0, 0.05) is 12.5 Å². The van der Waals surface area contributed by atoms with E-state index in [1.165, 1.54) is 0 Å². The molecule has 3 atom stereocenters. The summed E-state index contributed by atoms with van der Waals surface area (Å²) in [5.74, 6) is -0.918. The number of amides is 1. The van der Waals surface area contributed by atoms with Gasteiger partial charge in [-0.1, -0.05) is 18.5 Å². The minimum absolute atomic E-state index is 0.0439. The molecule has 1 heterocycles. The number of carboxylic acids is 1. The van der Waals surface area contributed by atoms with E-state index in [0.717, 1.165) is 19.3 Å². The first-order chi connectivity index (χ1) is 8.08. The first-order valence-corrected chi connectivity index (χ1v) is 5.84. The maximum atomic E-state index is 11.8. The first-order valence-electron chi connectivity index (χ1n) is 5.84. The van der Waals surface area contributed by atoms with Crippen LogP contribution in [0.25, 0.3) is 0 Å². The average Bonchev–Trinajstić information content (AvgIpc) is 2.88. The molecule has 1 aliphatic carbocycles. The van der Waals surface area contributed by atoms with Crippen LogP contribution in [0.4, 0.5) is 0 Å². The molecule has 94 valence electrons. The van der Waals surface area contributed by atoms with E-state index < -0.39 is 12.1 Å². The molecule has 6 nitrogen and oxygen atoms in total. The predicted octanol–water partition coefficient (Wildman–Crippen LogP) is 0.521. The topological polar surface area (TPSA) is 88.0 Å². The number of hydrogen-bond donors (Lipinski definition) is 2. The lowest BCUT2D eigenvalue weighted by Crippen LogP contribution is -2.42.